The van der Waals surface area contributed by atoms with Gasteiger partial charge in [0.15, 0.2) is 0 Å². The van der Waals surface area contributed by atoms with E-state index in [9.17, 15) is 4.79 Å². The quantitative estimate of drug-likeness (QED) is 0.869. The van der Waals surface area contributed by atoms with Crippen molar-refractivity contribution in [1.29, 1.82) is 0 Å². The van der Waals surface area contributed by atoms with Gasteiger partial charge in [-0.1, -0.05) is 13.8 Å². The SMILES string of the molecule is CCCn1c(CN(C)C)nc2sc3c(c2c1=O)CCC(C)C3. The van der Waals surface area contributed by atoms with E-state index in [1.54, 1.807) is 11.3 Å². The van der Waals surface area contributed by atoms with E-state index in [0.29, 0.717) is 6.54 Å². The molecule has 1 unspecified atom stereocenters. The molecule has 2 heterocycles. The average Bonchev–Trinajstić information content (AvgIpc) is 2.79. The van der Waals surface area contributed by atoms with Crippen LogP contribution in [0.2, 0.25) is 0 Å². The van der Waals surface area contributed by atoms with E-state index < -0.39 is 0 Å². The summed E-state index contributed by atoms with van der Waals surface area (Å²) in [6.45, 7) is 5.88. The molecule has 3 rings (SSSR count). The van der Waals surface area contributed by atoms with Gasteiger partial charge in [0.2, 0.25) is 0 Å². The van der Waals surface area contributed by atoms with Gasteiger partial charge in [-0.3, -0.25) is 9.36 Å². The summed E-state index contributed by atoms with van der Waals surface area (Å²) >= 11 is 1.74. The van der Waals surface area contributed by atoms with Crippen LogP contribution in [0.5, 0.6) is 0 Å². The second-order valence-electron chi connectivity index (χ2n) is 6.75. The fraction of sp³-hybridized carbons (Fsp3) is 0.647. The molecule has 0 saturated carbocycles. The number of nitrogens with zero attached hydrogens (tertiary/aromatic N) is 3. The Bertz CT molecular complexity index is 744. The van der Waals surface area contributed by atoms with Crippen LogP contribution in [0.15, 0.2) is 4.79 Å². The Morgan fingerprint density at radius 2 is 2.18 bits per heavy atom. The van der Waals surface area contributed by atoms with Crippen molar-refractivity contribution in [2.24, 2.45) is 5.92 Å². The summed E-state index contributed by atoms with van der Waals surface area (Å²) in [5.74, 6) is 1.62. The van der Waals surface area contributed by atoms with Crippen molar-refractivity contribution in [3.8, 4) is 0 Å². The maximum absolute atomic E-state index is 13.0. The maximum Gasteiger partial charge on any atom is 0.262 e. The number of rotatable bonds is 4. The molecule has 4 nitrogen and oxygen atoms in total. The summed E-state index contributed by atoms with van der Waals surface area (Å²) in [5.41, 5.74) is 1.47. The molecule has 2 aromatic rings. The lowest BCUT2D eigenvalue weighted by atomic mass is 9.89. The average molecular weight is 319 g/mol. The summed E-state index contributed by atoms with van der Waals surface area (Å²) in [5, 5.41) is 0.905. The summed E-state index contributed by atoms with van der Waals surface area (Å²) < 4.78 is 1.90. The van der Waals surface area contributed by atoms with Crippen molar-refractivity contribution in [2.45, 2.75) is 52.6 Å². The minimum atomic E-state index is 0.177. The predicted molar refractivity (Wildman–Crippen MR) is 92.8 cm³/mol. The minimum absolute atomic E-state index is 0.177. The molecule has 0 radical (unpaired) electrons. The van der Waals surface area contributed by atoms with Crippen molar-refractivity contribution in [1.82, 2.24) is 14.5 Å². The van der Waals surface area contributed by atoms with Gasteiger partial charge in [-0.15, -0.1) is 11.3 Å². The molecular formula is C17H25N3OS. The third-order valence-corrected chi connectivity index (χ3v) is 5.55. The first kappa shape index (κ1) is 15.7. The topological polar surface area (TPSA) is 38.1 Å². The molecule has 0 aliphatic heterocycles. The maximum atomic E-state index is 13.0. The first-order chi connectivity index (χ1) is 10.5. The van der Waals surface area contributed by atoms with Gasteiger partial charge in [-0.25, -0.2) is 4.98 Å². The zero-order valence-corrected chi connectivity index (χ0v) is 14.8. The van der Waals surface area contributed by atoms with Crippen LogP contribution in [0.25, 0.3) is 10.2 Å². The second kappa shape index (κ2) is 6.13. The highest BCUT2D eigenvalue weighted by Gasteiger charge is 2.24. The fourth-order valence-corrected chi connectivity index (χ4v) is 4.72. The van der Waals surface area contributed by atoms with Crippen LogP contribution in [-0.2, 0) is 25.9 Å². The molecule has 120 valence electrons. The number of aryl methyl sites for hydroxylation is 1. The van der Waals surface area contributed by atoms with E-state index in [0.717, 1.165) is 47.8 Å². The lowest BCUT2D eigenvalue weighted by Crippen LogP contribution is -2.28. The van der Waals surface area contributed by atoms with Crippen molar-refractivity contribution < 1.29 is 0 Å². The Hall–Kier alpha value is -1.20. The number of fused-ring (bicyclic) bond motifs is 3. The zero-order valence-electron chi connectivity index (χ0n) is 14.0. The molecule has 0 aromatic carbocycles. The van der Waals surface area contributed by atoms with Crippen molar-refractivity contribution in [3.05, 3.63) is 26.6 Å². The fourth-order valence-electron chi connectivity index (χ4n) is 3.32. The first-order valence-corrected chi connectivity index (χ1v) is 9.01. The normalized spacial score (nSPS) is 18.1. The van der Waals surface area contributed by atoms with Crippen LogP contribution >= 0.6 is 11.3 Å². The lowest BCUT2D eigenvalue weighted by molar-refractivity contribution is 0.376. The third-order valence-electron chi connectivity index (χ3n) is 4.40. The van der Waals surface area contributed by atoms with Gasteiger partial charge >= 0.3 is 0 Å². The zero-order chi connectivity index (χ0) is 15.9. The molecule has 0 fully saturated rings. The van der Waals surface area contributed by atoms with E-state index in [1.165, 1.54) is 16.9 Å². The Kier molecular flexibility index (Phi) is 4.37. The van der Waals surface area contributed by atoms with Crippen molar-refractivity contribution in [3.63, 3.8) is 0 Å². The summed E-state index contributed by atoms with van der Waals surface area (Å²) in [6, 6.07) is 0. The van der Waals surface area contributed by atoms with Crippen LogP contribution in [0, 0.1) is 5.92 Å². The van der Waals surface area contributed by atoms with Crippen LogP contribution in [0.1, 0.15) is 43.0 Å². The second-order valence-corrected chi connectivity index (χ2v) is 7.84. The Balaban J connectivity index is 2.21. The van der Waals surface area contributed by atoms with E-state index in [2.05, 4.69) is 18.7 Å². The molecule has 1 atom stereocenters. The molecule has 0 spiro atoms. The van der Waals surface area contributed by atoms with E-state index in [1.807, 2.05) is 18.7 Å². The van der Waals surface area contributed by atoms with Crippen LogP contribution in [-0.4, -0.2) is 28.5 Å². The van der Waals surface area contributed by atoms with E-state index in [4.69, 9.17) is 4.98 Å². The Labute approximate surface area is 135 Å². The van der Waals surface area contributed by atoms with Crippen molar-refractivity contribution in [2.75, 3.05) is 14.1 Å². The lowest BCUT2D eigenvalue weighted by Gasteiger charge is -2.18. The van der Waals surface area contributed by atoms with E-state index in [-0.39, 0.29) is 5.56 Å². The highest BCUT2D eigenvalue weighted by atomic mass is 32.1. The largest absolute Gasteiger partial charge is 0.302 e. The highest BCUT2D eigenvalue weighted by Crippen LogP contribution is 2.35. The molecule has 0 saturated heterocycles. The molecule has 0 N–H and O–H groups in total. The van der Waals surface area contributed by atoms with Crippen LogP contribution < -0.4 is 5.56 Å². The molecule has 1 aliphatic carbocycles. The van der Waals surface area contributed by atoms with Gasteiger partial charge < -0.3 is 4.90 Å². The molecule has 22 heavy (non-hydrogen) atoms. The Morgan fingerprint density at radius 1 is 1.41 bits per heavy atom. The molecule has 1 aliphatic rings. The van der Waals surface area contributed by atoms with Gasteiger partial charge in [0.05, 0.1) is 11.9 Å². The van der Waals surface area contributed by atoms with Crippen molar-refractivity contribution >= 4 is 21.6 Å². The Morgan fingerprint density at radius 3 is 2.86 bits per heavy atom. The summed E-state index contributed by atoms with van der Waals surface area (Å²) in [6.07, 6.45) is 4.28. The monoisotopic (exact) mass is 319 g/mol. The van der Waals surface area contributed by atoms with Crippen LogP contribution in [0.3, 0.4) is 0 Å². The smallest absolute Gasteiger partial charge is 0.262 e. The standard InChI is InChI=1S/C17H25N3OS/c1-5-8-20-14(10-19(3)4)18-16-15(17(20)21)12-7-6-11(2)9-13(12)22-16/h11H,5-10H2,1-4H3. The predicted octanol–water partition coefficient (Wildman–Crippen LogP) is 3.05. The van der Waals surface area contributed by atoms with E-state index >= 15 is 0 Å². The third kappa shape index (κ3) is 2.72. The van der Waals surface area contributed by atoms with Gasteiger partial charge in [0.1, 0.15) is 10.7 Å². The van der Waals surface area contributed by atoms with Gasteiger partial charge in [0, 0.05) is 11.4 Å². The van der Waals surface area contributed by atoms with Gasteiger partial charge in [-0.05, 0) is 51.3 Å². The molecular weight excluding hydrogens is 294 g/mol. The minimum Gasteiger partial charge on any atom is -0.302 e. The van der Waals surface area contributed by atoms with Gasteiger partial charge in [0.25, 0.3) is 5.56 Å². The molecule has 2 aromatic heterocycles. The number of aromatic nitrogens is 2. The first-order valence-electron chi connectivity index (χ1n) is 8.20. The number of hydrogen-bond acceptors (Lipinski definition) is 4. The number of hydrogen-bond donors (Lipinski definition) is 0. The number of thiophene rings is 1. The van der Waals surface area contributed by atoms with Crippen LogP contribution in [0.4, 0.5) is 0 Å². The summed E-state index contributed by atoms with van der Waals surface area (Å²) in [4.78, 5) is 22.3. The van der Waals surface area contributed by atoms with Gasteiger partial charge in [-0.2, -0.15) is 0 Å². The highest BCUT2D eigenvalue weighted by molar-refractivity contribution is 7.18. The summed E-state index contributed by atoms with van der Waals surface area (Å²) in [7, 11) is 4.04. The molecule has 5 heteroatoms. The molecule has 0 amide bonds. The molecule has 0 bridgehead atoms.